The highest BCUT2D eigenvalue weighted by Gasteiger charge is 2.05. The van der Waals surface area contributed by atoms with E-state index < -0.39 is 0 Å². The second kappa shape index (κ2) is 7.03. The summed E-state index contributed by atoms with van der Waals surface area (Å²) in [4.78, 5) is 4.07. The van der Waals surface area contributed by atoms with Crippen LogP contribution < -0.4 is 10.1 Å². The van der Waals surface area contributed by atoms with E-state index in [1.807, 2.05) is 18.2 Å². The number of pyridine rings is 1. The molecule has 1 aromatic heterocycles. The Morgan fingerprint density at radius 1 is 1.21 bits per heavy atom. The molecule has 0 aliphatic heterocycles. The summed E-state index contributed by atoms with van der Waals surface area (Å²) < 4.78 is 7.62. The molecule has 0 atom stereocenters. The predicted molar refractivity (Wildman–Crippen MR) is 83.5 cm³/mol. The summed E-state index contributed by atoms with van der Waals surface area (Å²) in [6.07, 6.45) is 3.41. The molecule has 1 aromatic carbocycles. The molecule has 0 unspecified atom stereocenters. The van der Waals surface area contributed by atoms with E-state index in [4.69, 9.17) is 4.74 Å². The Hall–Kier alpha value is -0.910. The van der Waals surface area contributed by atoms with Gasteiger partial charge in [0.2, 0.25) is 0 Å². The van der Waals surface area contributed by atoms with Gasteiger partial charge in [-0.05, 0) is 62.2 Å². The first kappa shape index (κ1) is 14.5. The molecule has 0 fully saturated rings. The Morgan fingerprint density at radius 3 is 2.74 bits per heavy atom. The monoisotopic (exact) mass is 384 g/mol. The Balaban J connectivity index is 2.13. The molecule has 2 rings (SSSR count). The summed E-state index contributed by atoms with van der Waals surface area (Å²) in [6.45, 7) is 3.90. The highest BCUT2D eigenvalue weighted by Crippen LogP contribution is 2.31. The van der Waals surface area contributed by atoms with E-state index >= 15 is 0 Å². The molecule has 0 bridgehead atoms. The van der Waals surface area contributed by atoms with Crippen molar-refractivity contribution in [3.8, 4) is 11.5 Å². The first-order chi connectivity index (χ1) is 9.19. The van der Waals surface area contributed by atoms with Crippen molar-refractivity contribution in [2.24, 2.45) is 0 Å². The maximum atomic E-state index is 5.79. The Labute approximate surface area is 129 Å². The lowest BCUT2D eigenvalue weighted by atomic mass is 10.2. The van der Waals surface area contributed by atoms with Crippen molar-refractivity contribution >= 4 is 31.9 Å². The van der Waals surface area contributed by atoms with Gasteiger partial charge in [-0.3, -0.25) is 4.98 Å². The molecule has 0 saturated carbocycles. The van der Waals surface area contributed by atoms with Crippen LogP contribution in [-0.4, -0.2) is 11.5 Å². The third kappa shape index (κ3) is 4.30. The van der Waals surface area contributed by atoms with Crippen molar-refractivity contribution in [3.63, 3.8) is 0 Å². The van der Waals surface area contributed by atoms with Crippen LogP contribution in [0.5, 0.6) is 11.5 Å². The van der Waals surface area contributed by atoms with Crippen LogP contribution in [0.4, 0.5) is 0 Å². The van der Waals surface area contributed by atoms with E-state index in [0.29, 0.717) is 5.75 Å². The fraction of sp³-hybridized carbons (Fsp3) is 0.214. The number of aromatic nitrogens is 1. The molecule has 0 amide bonds. The average molecular weight is 386 g/mol. The lowest BCUT2D eigenvalue weighted by Gasteiger charge is -2.09. The molecule has 5 heteroatoms. The largest absolute Gasteiger partial charge is 0.455 e. The molecule has 3 nitrogen and oxygen atoms in total. The van der Waals surface area contributed by atoms with Crippen molar-refractivity contribution in [2.75, 3.05) is 6.54 Å². The molecular formula is C14H14Br2N2O. The van der Waals surface area contributed by atoms with E-state index in [9.17, 15) is 0 Å². The molecule has 0 saturated heterocycles. The van der Waals surface area contributed by atoms with Gasteiger partial charge in [0, 0.05) is 17.2 Å². The summed E-state index contributed by atoms with van der Waals surface area (Å²) in [5.74, 6) is 1.48. The standard InChI is InChI=1S/C14H14Br2N2O/c1-2-17-7-10-3-4-14(13(16)5-10)19-12-6-11(15)8-18-9-12/h3-6,8-9,17H,2,7H2,1H3. The average Bonchev–Trinajstić information content (AvgIpc) is 2.39. The van der Waals surface area contributed by atoms with Gasteiger partial charge in [-0.1, -0.05) is 13.0 Å². The number of nitrogens with zero attached hydrogens (tertiary/aromatic N) is 1. The van der Waals surface area contributed by atoms with Crippen LogP contribution in [-0.2, 0) is 6.54 Å². The van der Waals surface area contributed by atoms with Gasteiger partial charge in [0.1, 0.15) is 11.5 Å². The SMILES string of the molecule is CCNCc1ccc(Oc2cncc(Br)c2)c(Br)c1. The number of hydrogen-bond acceptors (Lipinski definition) is 3. The van der Waals surface area contributed by atoms with Crippen LogP contribution in [0, 0.1) is 0 Å². The first-order valence-electron chi connectivity index (χ1n) is 5.96. The van der Waals surface area contributed by atoms with Crippen molar-refractivity contribution in [1.82, 2.24) is 10.3 Å². The minimum absolute atomic E-state index is 0.703. The summed E-state index contributed by atoms with van der Waals surface area (Å²) in [5, 5.41) is 3.29. The lowest BCUT2D eigenvalue weighted by Crippen LogP contribution is -2.11. The second-order valence-electron chi connectivity index (χ2n) is 3.99. The molecule has 1 N–H and O–H groups in total. The highest BCUT2D eigenvalue weighted by molar-refractivity contribution is 9.10. The maximum Gasteiger partial charge on any atom is 0.146 e. The van der Waals surface area contributed by atoms with E-state index in [0.717, 1.165) is 27.8 Å². The fourth-order valence-electron chi connectivity index (χ4n) is 1.58. The van der Waals surface area contributed by atoms with Gasteiger partial charge in [-0.25, -0.2) is 0 Å². The zero-order chi connectivity index (χ0) is 13.7. The minimum atomic E-state index is 0.703. The molecule has 0 aliphatic carbocycles. The second-order valence-corrected chi connectivity index (χ2v) is 5.76. The Morgan fingerprint density at radius 2 is 2.05 bits per heavy atom. The molecule has 0 spiro atoms. The van der Waals surface area contributed by atoms with Gasteiger partial charge in [0.25, 0.3) is 0 Å². The van der Waals surface area contributed by atoms with Gasteiger partial charge < -0.3 is 10.1 Å². The van der Waals surface area contributed by atoms with Crippen LogP contribution >= 0.6 is 31.9 Å². The number of rotatable bonds is 5. The van der Waals surface area contributed by atoms with Crippen molar-refractivity contribution in [1.29, 1.82) is 0 Å². The third-order valence-electron chi connectivity index (χ3n) is 2.48. The zero-order valence-electron chi connectivity index (χ0n) is 10.5. The maximum absolute atomic E-state index is 5.79. The molecule has 0 aliphatic rings. The molecular weight excluding hydrogens is 372 g/mol. The molecule has 0 radical (unpaired) electrons. The Kier molecular flexibility index (Phi) is 5.36. The molecule has 100 valence electrons. The zero-order valence-corrected chi connectivity index (χ0v) is 13.7. The molecule has 1 heterocycles. The molecule has 2 aromatic rings. The number of benzene rings is 1. The van der Waals surface area contributed by atoms with Crippen molar-refractivity contribution in [2.45, 2.75) is 13.5 Å². The predicted octanol–water partition coefficient (Wildman–Crippen LogP) is 4.51. The lowest BCUT2D eigenvalue weighted by molar-refractivity contribution is 0.476. The summed E-state index contributed by atoms with van der Waals surface area (Å²) in [5.41, 5.74) is 1.22. The number of hydrogen-bond donors (Lipinski definition) is 1. The van der Waals surface area contributed by atoms with Crippen molar-refractivity contribution < 1.29 is 4.74 Å². The minimum Gasteiger partial charge on any atom is -0.455 e. The van der Waals surface area contributed by atoms with E-state index in [1.165, 1.54) is 5.56 Å². The van der Waals surface area contributed by atoms with Crippen LogP contribution in [0.3, 0.4) is 0 Å². The van der Waals surface area contributed by atoms with E-state index in [1.54, 1.807) is 12.4 Å². The normalized spacial score (nSPS) is 10.5. The van der Waals surface area contributed by atoms with Gasteiger partial charge in [-0.15, -0.1) is 0 Å². The van der Waals surface area contributed by atoms with Gasteiger partial charge >= 0.3 is 0 Å². The molecule has 19 heavy (non-hydrogen) atoms. The third-order valence-corrected chi connectivity index (χ3v) is 3.54. The highest BCUT2D eigenvalue weighted by atomic mass is 79.9. The first-order valence-corrected chi connectivity index (χ1v) is 7.55. The fourth-order valence-corrected chi connectivity index (χ4v) is 2.43. The van der Waals surface area contributed by atoms with E-state index in [-0.39, 0.29) is 0 Å². The number of nitrogens with one attached hydrogen (secondary N) is 1. The van der Waals surface area contributed by atoms with Gasteiger partial charge in [0.15, 0.2) is 0 Å². The van der Waals surface area contributed by atoms with Crippen LogP contribution in [0.25, 0.3) is 0 Å². The van der Waals surface area contributed by atoms with E-state index in [2.05, 4.69) is 55.2 Å². The van der Waals surface area contributed by atoms with Crippen LogP contribution in [0.15, 0.2) is 45.6 Å². The smallest absolute Gasteiger partial charge is 0.146 e. The van der Waals surface area contributed by atoms with Gasteiger partial charge in [0.05, 0.1) is 10.7 Å². The number of ether oxygens (including phenoxy) is 1. The number of halogens is 2. The van der Waals surface area contributed by atoms with Crippen LogP contribution in [0.1, 0.15) is 12.5 Å². The van der Waals surface area contributed by atoms with Crippen LogP contribution in [0.2, 0.25) is 0 Å². The quantitative estimate of drug-likeness (QED) is 0.822. The Bertz CT molecular complexity index is 561. The summed E-state index contributed by atoms with van der Waals surface area (Å²) in [7, 11) is 0. The summed E-state index contributed by atoms with van der Waals surface area (Å²) >= 11 is 6.90. The van der Waals surface area contributed by atoms with Gasteiger partial charge in [-0.2, -0.15) is 0 Å². The summed E-state index contributed by atoms with van der Waals surface area (Å²) in [6, 6.07) is 7.95. The topological polar surface area (TPSA) is 34.1 Å². The van der Waals surface area contributed by atoms with Crippen molar-refractivity contribution in [3.05, 3.63) is 51.2 Å².